The van der Waals surface area contributed by atoms with Gasteiger partial charge in [-0.2, -0.15) is 0 Å². The number of hydrogen-bond donors (Lipinski definition) is 0. The van der Waals surface area contributed by atoms with E-state index in [-0.39, 0.29) is 19.5 Å². The van der Waals surface area contributed by atoms with Gasteiger partial charge in [0.2, 0.25) is 5.24 Å². The van der Waals surface area contributed by atoms with Crippen molar-refractivity contribution in [3.05, 3.63) is 39.4 Å². The Morgan fingerprint density at radius 3 is 2.35 bits per heavy atom. The van der Waals surface area contributed by atoms with Crippen molar-refractivity contribution in [1.82, 2.24) is 0 Å². The lowest BCUT2D eigenvalue weighted by atomic mass is 10.1. The predicted octanol–water partition coefficient (Wildman–Crippen LogP) is 3.87. The molecule has 5 heteroatoms. The Kier molecular flexibility index (Phi) is 9.19. The number of carbonyl (C=O) groups is 1. The van der Waals surface area contributed by atoms with E-state index in [9.17, 15) is 14.9 Å². The molecule has 0 N–H and O–H groups in total. The topological polar surface area (TPSA) is 60.2 Å². The molecule has 1 rings (SSSR count). The Hall–Kier alpha value is -1.42. The second-order valence-corrected chi connectivity index (χ2v) is 3.33. The van der Waals surface area contributed by atoms with Crippen molar-refractivity contribution >= 4 is 22.5 Å². The standard InChI is InChI=1S/C9H8ClNO3.C2H6.CH4/c1-6-2-3-7(5-9(10)12)4-8(6)11(13)14;1-2;/h2-4H,5H2,1H3;1-2H3;1H4. The fourth-order valence-corrected chi connectivity index (χ4v) is 1.28. The molecule has 1 aromatic rings. The van der Waals surface area contributed by atoms with Gasteiger partial charge >= 0.3 is 0 Å². The Morgan fingerprint density at radius 2 is 1.94 bits per heavy atom. The highest BCUT2D eigenvalue weighted by molar-refractivity contribution is 6.63. The second-order valence-electron chi connectivity index (χ2n) is 2.91. The van der Waals surface area contributed by atoms with Crippen molar-refractivity contribution in [3.8, 4) is 0 Å². The molecule has 96 valence electrons. The summed E-state index contributed by atoms with van der Waals surface area (Å²) in [6.07, 6.45) is 0.0165. The third-order valence-electron chi connectivity index (χ3n) is 1.81. The van der Waals surface area contributed by atoms with Gasteiger partial charge in [-0.05, 0) is 24.1 Å². The van der Waals surface area contributed by atoms with Gasteiger partial charge in [-0.15, -0.1) is 0 Å². The fourth-order valence-electron chi connectivity index (χ4n) is 1.12. The summed E-state index contributed by atoms with van der Waals surface area (Å²) in [5.74, 6) is 0. The van der Waals surface area contributed by atoms with E-state index in [2.05, 4.69) is 0 Å². The number of nitro benzene ring substituents is 1. The van der Waals surface area contributed by atoms with E-state index in [1.165, 1.54) is 6.07 Å². The summed E-state index contributed by atoms with van der Waals surface area (Å²) < 4.78 is 0. The highest BCUT2D eigenvalue weighted by atomic mass is 35.5. The van der Waals surface area contributed by atoms with E-state index in [4.69, 9.17) is 11.6 Å². The summed E-state index contributed by atoms with van der Waals surface area (Å²) in [4.78, 5) is 20.6. The van der Waals surface area contributed by atoms with Gasteiger partial charge in [0.15, 0.2) is 0 Å². The number of nitro groups is 1. The zero-order valence-corrected chi connectivity index (χ0v) is 10.2. The first-order valence-corrected chi connectivity index (χ1v) is 5.30. The van der Waals surface area contributed by atoms with Gasteiger partial charge in [0.1, 0.15) is 0 Å². The molecule has 0 aliphatic carbocycles. The molecular weight excluding hydrogens is 242 g/mol. The maximum Gasteiger partial charge on any atom is 0.272 e. The van der Waals surface area contributed by atoms with Crippen molar-refractivity contribution in [2.24, 2.45) is 0 Å². The Morgan fingerprint density at radius 1 is 1.41 bits per heavy atom. The van der Waals surface area contributed by atoms with Crippen LogP contribution < -0.4 is 0 Å². The van der Waals surface area contributed by atoms with Crippen LogP contribution in [0, 0.1) is 17.0 Å². The van der Waals surface area contributed by atoms with Crippen molar-refractivity contribution < 1.29 is 9.72 Å². The zero-order chi connectivity index (χ0) is 12.7. The number of carbonyl (C=O) groups excluding carboxylic acids is 1. The highest BCUT2D eigenvalue weighted by Gasteiger charge is 2.11. The predicted molar refractivity (Wildman–Crippen MR) is 70.5 cm³/mol. The van der Waals surface area contributed by atoms with E-state index in [1.807, 2.05) is 13.8 Å². The lowest BCUT2D eigenvalue weighted by Crippen LogP contribution is -1.97. The van der Waals surface area contributed by atoms with Crippen LogP contribution in [0.4, 0.5) is 5.69 Å². The lowest BCUT2D eigenvalue weighted by Gasteiger charge is -1.99. The van der Waals surface area contributed by atoms with E-state index in [1.54, 1.807) is 19.1 Å². The lowest BCUT2D eigenvalue weighted by molar-refractivity contribution is -0.385. The molecule has 0 radical (unpaired) electrons. The van der Waals surface area contributed by atoms with Gasteiger partial charge in [-0.25, -0.2) is 0 Å². The average Bonchev–Trinajstić information content (AvgIpc) is 2.23. The van der Waals surface area contributed by atoms with E-state index < -0.39 is 10.2 Å². The number of aryl methyl sites for hydroxylation is 1. The number of hydrogen-bond acceptors (Lipinski definition) is 3. The minimum Gasteiger partial charge on any atom is -0.281 e. The molecule has 0 saturated heterocycles. The van der Waals surface area contributed by atoms with Crippen LogP contribution in [0.3, 0.4) is 0 Å². The van der Waals surface area contributed by atoms with Crippen LogP contribution in [-0.2, 0) is 11.2 Å². The van der Waals surface area contributed by atoms with Crippen LogP contribution >= 0.6 is 11.6 Å². The third-order valence-corrected chi connectivity index (χ3v) is 1.95. The van der Waals surface area contributed by atoms with Crippen molar-refractivity contribution in [1.29, 1.82) is 0 Å². The molecule has 0 spiro atoms. The molecule has 0 aromatic heterocycles. The molecule has 1 aromatic carbocycles. The summed E-state index contributed by atoms with van der Waals surface area (Å²) in [7, 11) is 0. The SMILES string of the molecule is C.CC.Cc1ccc(CC(=O)Cl)cc1[N+](=O)[O-]. The number of benzene rings is 1. The van der Waals surface area contributed by atoms with Crippen molar-refractivity contribution in [2.45, 2.75) is 34.6 Å². The van der Waals surface area contributed by atoms with Crippen LogP contribution in [0.2, 0.25) is 0 Å². The first kappa shape index (κ1) is 18.0. The number of halogens is 1. The maximum absolute atomic E-state index is 10.6. The van der Waals surface area contributed by atoms with Gasteiger partial charge in [0.05, 0.1) is 4.92 Å². The minimum absolute atomic E-state index is 0. The smallest absolute Gasteiger partial charge is 0.272 e. The summed E-state index contributed by atoms with van der Waals surface area (Å²) in [6, 6.07) is 4.63. The molecule has 0 aliphatic rings. The average molecular weight is 260 g/mol. The largest absolute Gasteiger partial charge is 0.281 e. The quantitative estimate of drug-likeness (QED) is 0.470. The fraction of sp³-hybridized carbons (Fsp3) is 0.417. The summed E-state index contributed by atoms with van der Waals surface area (Å²) in [5.41, 5.74) is 1.14. The van der Waals surface area contributed by atoms with Crippen LogP contribution in [0.5, 0.6) is 0 Å². The van der Waals surface area contributed by atoms with Gasteiger partial charge in [0.25, 0.3) is 5.69 Å². The molecule has 0 bridgehead atoms. The Labute approximate surface area is 107 Å². The zero-order valence-electron chi connectivity index (χ0n) is 9.49. The monoisotopic (exact) mass is 259 g/mol. The van der Waals surface area contributed by atoms with Crippen LogP contribution in [-0.4, -0.2) is 10.2 Å². The molecule has 0 amide bonds. The van der Waals surface area contributed by atoms with E-state index in [0.29, 0.717) is 11.1 Å². The third kappa shape index (κ3) is 6.02. The summed E-state index contributed by atoms with van der Waals surface area (Å²) in [6.45, 7) is 5.64. The van der Waals surface area contributed by atoms with Crippen molar-refractivity contribution in [2.75, 3.05) is 0 Å². The first-order chi connectivity index (χ1) is 7.50. The van der Waals surface area contributed by atoms with E-state index >= 15 is 0 Å². The second kappa shape index (κ2) is 8.70. The maximum atomic E-state index is 10.6. The van der Waals surface area contributed by atoms with E-state index in [0.717, 1.165) is 0 Å². The molecule has 0 fully saturated rings. The molecule has 0 heterocycles. The Bertz CT molecular complexity index is 391. The number of rotatable bonds is 3. The molecule has 17 heavy (non-hydrogen) atoms. The first-order valence-electron chi connectivity index (χ1n) is 4.93. The number of nitrogens with zero attached hydrogens (tertiary/aromatic N) is 1. The minimum atomic E-state index is -0.525. The van der Waals surface area contributed by atoms with Crippen LogP contribution in [0.25, 0.3) is 0 Å². The van der Waals surface area contributed by atoms with Gasteiger partial charge in [-0.1, -0.05) is 33.4 Å². The summed E-state index contributed by atoms with van der Waals surface area (Å²) in [5, 5.41) is 10.0. The van der Waals surface area contributed by atoms with Gasteiger partial charge in [-0.3, -0.25) is 14.9 Å². The summed E-state index contributed by atoms with van der Waals surface area (Å²) >= 11 is 5.18. The van der Waals surface area contributed by atoms with Gasteiger partial charge < -0.3 is 0 Å². The van der Waals surface area contributed by atoms with Gasteiger partial charge in [0, 0.05) is 18.1 Å². The van der Waals surface area contributed by atoms with Crippen LogP contribution in [0.1, 0.15) is 32.4 Å². The molecule has 0 saturated carbocycles. The van der Waals surface area contributed by atoms with Crippen LogP contribution in [0.15, 0.2) is 18.2 Å². The molecular formula is C12H18ClNO3. The Balaban J connectivity index is 0. The molecule has 0 atom stereocenters. The molecule has 0 unspecified atom stereocenters. The molecule has 0 aliphatic heterocycles. The normalized spacial score (nSPS) is 8.47. The van der Waals surface area contributed by atoms with Crippen molar-refractivity contribution in [3.63, 3.8) is 0 Å². The molecule has 4 nitrogen and oxygen atoms in total. The highest BCUT2D eigenvalue weighted by Crippen LogP contribution is 2.19.